The third kappa shape index (κ3) is 4.36. The number of amides is 1. The van der Waals surface area contributed by atoms with Crippen molar-refractivity contribution in [3.8, 4) is 11.4 Å². The highest BCUT2D eigenvalue weighted by Crippen LogP contribution is 2.23. The Bertz CT molecular complexity index is 1120. The highest BCUT2D eigenvalue weighted by Gasteiger charge is 2.23. The molecule has 2 aromatic heterocycles. The van der Waals surface area contributed by atoms with E-state index in [4.69, 9.17) is 0 Å². The minimum absolute atomic E-state index is 0.126. The van der Waals surface area contributed by atoms with E-state index in [2.05, 4.69) is 15.5 Å². The quantitative estimate of drug-likeness (QED) is 0.419. The van der Waals surface area contributed by atoms with E-state index in [0.29, 0.717) is 24.6 Å². The second-order valence-electron chi connectivity index (χ2n) is 6.63. The zero-order chi connectivity index (χ0) is 20.8. The summed E-state index contributed by atoms with van der Waals surface area (Å²) in [5, 5.41) is 14.2. The summed E-state index contributed by atoms with van der Waals surface area (Å²) >= 11 is 1.56. The van der Waals surface area contributed by atoms with Gasteiger partial charge in [-0.15, -0.1) is 16.4 Å². The number of carbonyl (C=O) groups is 1. The predicted molar refractivity (Wildman–Crippen MR) is 119 cm³/mol. The van der Waals surface area contributed by atoms with Crippen LogP contribution in [0.2, 0.25) is 0 Å². The predicted octanol–water partition coefficient (Wildman–Crippen LogP) is 4.45. The van der Waals surface area contributed by atoms with Gasteiger partial charge in [0.05, 0.1) is 0 Å². The van der Waals surface area contributed by atoms with E-state index in [9.17, 15) is 4.79 Å². The normalized spacial score (nSPS) is 11.4. The van der Waals surface area contributed by atoms with Crippen LogP contribution in [0.25, 0.3) is 23.2 Å². The van der Waals surface area contributed by atoms with Crippen LogP contribution in [0.1, 0.15) is 17.4 Å². The topological polar surface area (TPSA) is 63.9 Å². The van der Waals surface area contributed by atoms with Crippen molar-refractivity contribution >= 4 is 29.0 Å². The Morgan fingerprint density at radius 1 is 1.03 bits per heavy atom. The van der Waals surface area contributed by atoms with Crippen LogP contribution in [0.4, 0.5) is 0 Å². The first-order valence-electron chi connectivity index (χ1n) is 9.69. The van der Waals surface area contributed by atoms with Gasteiger partial charge in [-0.05, 0) is 40.4 Å². The maximum Gasteiger partial charge on any atom is 0.273 e. The number of nitrogens with zero attached hydrogens (tertiary/aromatic N) is 5. The molecule has 7 heteroatoms. The van der Waals surface area contributed by atoms with Crippen LogP contribution in [0.15, 0.2) is 78.2 Å². The Balaban J connectivity index is 1.75. The summed E-state index contributed by atoms with van der Waals surface area (Å²) < 4.78 is 1.53. The molecule has 0 aliphatic heterocycles. The molecule has 4 aromatic rings. The van der Waals surface area contributed by atoms with Gasteiger partial charge < -0.3 is 4.90 Å². The maximum atomic E-state index is 13.6. The third-order valence-electron chi connectivity index (χ3n) is 4.66. The number of hydrogen-bond acceptors (Lipinski definition) is 5. The molecule has 6 nitrogen and oxygen atoms in total. The van der Waals surface area contributed by atoms with Crippen molar-refractivity contribution in [2.75, 3.05) is 6.54 Å². The number of hydrogen-bond donors (Lipinski definition) is 0. The number of aromatic nitrogens is 4. The molecule has 0 unspecified atom stereocenters. The smallest absolute Gasteiger partial charge is 0.273 e. The Hall–Kier alpha value is -3.58. The van der Waals surface area contributed by atoms with E-state index < -0.39 is 0 Å². The van der Waals surface area contributed by atoms with E-state index in [1.165, 1.54) is 4.68 Å². The fourth-order valence-electron chi connectivity index (χ4n) is 3.13. The van der Waals surface area contributed by atoms with Gasteiger partial charge in [0.2, 0.25) is 0 Å². The molecule has 4 rings (SSSR count). The summed E-state index contributed by atoms with van der Waals surface area (Å²) in [7, 11) is 0. The van der Waals surface area contributed by atoms with Gasteiger partial charge in [-0.3, -0.25) is 4.79 Å². The average Bonchev–Trinajstić information content (AvgIpc) is 3.49. The SMILES string of the molecule is CCN(Cc1ccccc1)C(=O)/C(=C/c1cccs1)n1nnnc1-c1ccccc1. The second-order valence-corrected chi connectivity index (χ2v) is 7.61. The summed E-state index contributed by atoms with van der Waals surface area (Å²) in [6.07, 6.45) is 1.85. The van der Waals surface area contributed by atoms with Crippen LogP contribution < -0.4 is 0 Å². The first-order valence-corrected chi connectivity index (χ1v) is 10.6. The minimum Gasteiger partial charge on any atom is -0.333 e. The molecule has 0 spiro atoms. The molecule has 0 radical (unpaired) electrons. The Kier molecular flexibility index (Phi) is 6.10. The van der Waals surface area contributed by atoms with Crippen LogP contribution in [-0.2, 0) is 11.3 Å². The summed E-state index contributed by atoms with van der Waals surface area (Å²) in [6.45, 7) is 3.06. The van der Waals surface area contributed by atoms with Crippen molar-refractivity contribution < 1.29 is 4.79 Å². The van der Waals surface area contributed by atoms with Gasteiger partial charge in [-0.25, -0.2) is 0 Å². The van der Waals surface area contributed by atoms with Gasteiger partial charge in [0.1, 0.15) is 5.70 Å². The van der Waals surface area contributed by atoms with E-state index in [-0.39, 0.29) is 5.91 Å². The molecule has 0 fully saturated rings. The van der Waals surface area contributed by atoms with Gasteiger partial charge in [-0.2, -0.15) is 4.68 Å². The number of benzene rings is 2. The zero-order valence-electron chi connectivity index (χ0n) is 16.5. The molecular formula is C23H21N5OS. The van der Waals surface area contributed by atoms with Crippen LogP contribution in [0.3, 0.4) is 0 Å². The molecule has 0 atom stereocenters. The second kappa shape index (κ2) is 9.28. The summed E-state index contributed by atoms with van der Waals surface area (Å²) in [4.78, 5) is 16.4. The van der Waals surface area contributed by atoms with Crippen LogP contribution in [0, 0.1) is 0 Å². The highest BCUT2D eigenvalue weighted by atomic mass is 32.1. The summed E-state index contributed by atoms with van der Waals surface area (Å²) in [5.74, 6) is 0.404. The Labute approximate surface area is 179 Å². The molecule has 0 saturated heterocycles. The number of carbonyl (C=O) groups excluding carboxylic acids is 1. The van der Waals surface area contributed by atoms with Crippen LogP contribution in [0.5, 0.6) is 0 Å². The summed E-state index contributed by atoms with van der Waals surface area (Å²) in [5.41, 5.74) is 2.33. The third-order valence-corrected chi connectivity index (χ3v) is 5.48. The monoisotopic (exact) mass is 415 g/mol. The van der Waals surface area contributed by atoms with Gasteiger partial charge in [0.25, 0.3) is 5.91 Å². The molecule has 150 valence electrons. The van der Waals surface area contributed by atoms with Crippen molar-refractivity contribution in [3.05, 3.63) is 88.6 Å². The van der Waals surface area contributed by atoms with Crippen LogP contribution in [-0.4, -0.2) is 37.6 Å². The largest absolute Gasteiger partial charge is 0.333 e. The number of thiophene rings is 1. The van der Waals surface area contributed by atoms with Gasteiger partial charge in [-0.1, -0.05) is 66.7 Å². The average molecular weight is 416 g/mol. The van der Waals surface area contributed by atoms with Gasteiger partial charge in [0, 0.05) is 23.5 Å². The Morgan fingerprint density at radius 2 is 1.77 bits per heavy atom. The molecule has 0 aliphatic rings. The minimum atomic E-state index is -0.126. The highest BCUT2D eigenvalue weighted by molar-refractivity contribution is 7.10. The Morgan fingerprint density at radius 3 is 2.43 bits per heavy atom. The lowest BCUT2D eigenvalue weighted by atomic mass is 10.2. The number of rotatable bonds is 7. The van der Waals surface area contributed by atoms with E-state index in [1.54, 1.807) is 16.2 Å². The number of tetrazole rings is 1. The molecular weight excluding hydrogens is 394 g/mol. The number of likely N-dealkylation sites (N-methyl/N-ethyl adjacent to an activating group) is 1. The fourth-order valence-corrected chi connectivity index (χ4v) is 3.78. The molecule has 1 amide bonds. The zero-order valence-corrected chi connectivity index (χ0v) is 17.4. The van der Waals surface area contributed by atoms with Crippen molar-refractivity contribution in [1.29, 1.82) is 0 Å². The lowest BCUT2D eigenvalue weighted by Gasteiger charge is -2.22. The van der Waals surface area contributed by atoms with Gasteiger partial charge in [0.15, 0.2) is 5.82 Å². The van der Waals surface area contributed by atoms with E-state index in [0.717, 1.165) is 16.0 Å². The molecule has 30 heavy (non-hydrogen) atoms. The van der Waals surface area contributed by atoms with Crippen molar-refractivity contribution in [2.24, 2.45) is 0 Å². The molecule has 0 aliphatic carbocycles. The first kappa shape index (κ1) is 19.7. The van der Waals surface area contributed by atoms with Gasteiger partial charge >= 0.3 is 0 Å². The lowest BCUT2D eigenvalue weighted by Crippen LogP contribution is -2.33. The molecule has 0 saturated carbocycles. The molecule has 0 bridgehead atoms. The molecule has 0 N–H and O–H groups in total. The fraction of sp³-hybridized carbons (Fsp3) is 0.130. The first-order chi connectivity index (χ1) is 14.8. The van der Waals surface area contributed by atoms with Crippen molar-refractivity contribution in [2.45, 2.75) is 13.5 Å². The van der Waals surface area contributed by atoms with E-state index in [1.807, 2.05) is 91.2 Å². The standard InChI is InChI=1S/C23H21N5OS/c1-2-27(17-18-10-5-3-6-11-18)23(29)21(16-20-14-9-15-30-20)28-22(24-25-26-28)19-12-7-4-8-13-19/h3-16H,2,17H2,1H3/b21-16-. The molecule has 2 aromatic carbocycles. The lowest BCUT2D eigenvalue weighted by molar-refractivity contribution is -0.125. The van der Waals surface area contributed by atoms with Crippen LogP contribution >= 0.6 is 11.3 Å². The van der Waals surface area contributed by atoms with Crippen molar-refractivity contribution in [1.82, 2.24) is 25.1 Å². The maximum absolute atomic E-state index is 13.6. The van der Waals surface area contributed by atoms with E-state index >= 15 is 0 Å². The molecule has 2 heterocycles. The van der Waals surface area contributed by atoms with Crippen molar-refractivity contribution in [3.63, 3.8) is 0 Å². The summed E-state index contributed by atoms with van der Waals surface area (Å²) in [6, 6.07) is 23.5.